The first-order valence-electron chi connectivity index (χ1n) is 6.98. The first-order valence-corrected chi connectivity index (χ1v) is 6.98. The van der Waals surface area contributed by atoms with Crippen LogP contribution in [-0.4, -0.2) is 29.9 Å². The van der Waals surface area contributed by atoms with E-state index in [0.717, 1.165) is 24.1 Å². The molecule has 1 saturated heterocycles. The van der Waals surface area contributed by atoms with Crippen LogP contribution in [0, 0.1) is 0 Å². The van der Waals surface area contributed by atoms with Crippen LogP contribution in [0.2, 0.25) is 0 Å². The number of nitrogens with two attached hydrogens (primary N) is 1. The number of benzene rings is 1. The molecule has 0 aromatic heterocycles. The lowest BCUT2D eigenvalue weighted by molar-refractivity contribution is -0.137. The van der Waals surface area contributed by atoms with E-state index in [9.17, 15) is 18.0 Å². The highest BCUT2D eigenvalue weighted by Gasteiger charge is 2.30. The molecular weight excluding hydrogens is 317 g/mol. The summed E-state index contributed by atoms with van der Waals surface area (Å²) >= 11 is 0. The van der Waals surface area contributed by atoms with E-state index < -0.39 is 11.7 Å². The number of hydrogen-bond donors (Lipinski definition) is 1. The molecule has 1 aromatic rings. The van der Waals surface area contributed by atoms with Gasteiger partial charge in [-0.3, -0.25) is 4.79 Å². The summed E-state index contributed by atoms with van der Waals surface area (Å²) in [6, 6.07) is 5.03. The van der Waals surface area contributed by atoms with E-state index in [1.54, 1.807) is 4.90 Å². The average Bonchev–Trinajstić information content (AvgIpc) is 2.84. The number of halogens is 4. The lowest BCUT2D eigenvalue weighted by Gasteiger charge is -2.19. The summed E-state index contributed by atoms with van der Waals surface area (Å²) in [7, 11) is 0. The van der Waals surface area contributed by atoms with Gasteiger partial charge in [0.05, 0.1) is 5.56 Å². The first kappa shape index (κ1) is 18.8. The molecule has 0 aliphatic carbocycles. The number of likely N-dealkylation sites (tertiary alicyclic amines) is 1. The molecule has 2 atom stereocenters. The van der Waals surface area contributed by atoms with Gasteiger partial charge >= 0.3 is 6.18 Å². The normalized spacial score (nSPS) is 19.7. The molecule has 0 spiro atoms. The Morgan fingerprint density at radius 3 is 2.41 bits per heavy atom. The Bertz CT molecular complexity index is 505. The number of hydrogen-bond acceptors (Lipinski definition) is 2. The molecule has 2 N–H and O–H groups in total. The molecule has 1 aliphatic rings. The Morgan fingerprint density at radius 2 is 1.95 bits per heavy atom. The Labute approximate surface area is 134 Å². The fraction of sp³-hybridized carbons (Fsp3) is 0.533. The van der Waals surface area contributed by atoms with E-state index in [1.165, 1.54) is 12.1 Å². The van der Waals surface area contributed by atoms with Crippen LogP contribution in [0.1, 0.15) is 36.8 Å². The summed E-state index contributed by atoms with van der Waals surface area (Å²) in [6.45, 7) is 3.08. The van der Waals surface area contributed by atoms with Gasteiger partial charge in [0.1, 0.15) is 0 Å². The minimum absolute atomic E-state index is 0. The molecule has 0 bridgehead atoms. The topological polar surface area (TPSA) is 46.3 Å². The maximum Gasteiger partial charge on any atom is 0.416 e. The van der Waals surface area contributed by atoms with Crippen LogP contribution < -0.4 is 5.73 Å². The Morgan fingerprint density at radius 1 is 1.36 bits per heavy atom. The monoisotopic (exact) mass is 336 g/mol. The molecule has 0 saturated carbocycles. The maximum atomic E-state index is 12.5. The van der Waals surface area contributed by atoms with Crippen molar-refractivity contribution in [2.24, 2.45) is 5.73 Å². The van der Waals surface area contributed by atoms with Gasteiger partial charge in [0.25, 0.3) is 0 Å². The standard InChI is InChI=1S/C15H19F3N2O.ClH/c1-10(8-14(21)20-7-6-13(19)9-20)11-2-4-12(5-3-11)15(16,17)18;/h2-5,10,13H,6-9,19H2,1H3;1H/t10?,13-;/m1./s1. The molecule has 7 heteroatoms. The fourth-order valence-electron chi connectivity index (χ4n) is 2.52. The molecule has 1 amide bonds. The predicted octanol–water partition coefficient (Wildman–Crippen LogP) is 3.18. The largest absolute Gasteiger partial charge is 0.416 e. The van der Waals surface area contributed by atoms with Gasteiger partial charge in [-0.25, -0.2) is 0 Å². The third kappa shape index (κ3) is 4.61. The van der Waals surface area contributed by atoms with Crippen molar-refractivity contribution in [3.8, 4) is 0 Å². The summed E-state index contributed by atoms with van der Waals surface area (Å²) in [6.07, 6.45) is -3.23. The summed E-state index contributed by atoms with van der Waals surface area (Å²) < 4.78 is 37.5. The zero-order valence-electron chi connectivity index (χ0n) is 12.3. The lowest BCUT2D eigenvalue weighted by atomic mass is 9.96. The summed E-state index contributed by atoms with van der Waals surface area (Å²) in [5.74, 6) is -0.105. The number of carbonyl (C=O) groups excluding carboxylic acids is 1. The highest BCUT2D eigenvalue weighted by molar-refractivity contribution is 5.85. The van der Waals surface area contributed by atoms with Gasteiger partial charge in [0, 0.05) is 25.6 Å². The zero-order valence-corrected chi connectivity index (χ0v) is 13.1. The van der Waals surface area contributed by atoms with Gasteiger partial charge in [-0.15, -0.1) is 12.4 Å². The molecule has 2 rings (SSSR count). The number of amides is 1. The second-order valence-electron chi connectivity index (χ2n) is 5.61. The number of rotatable bonds is 3. The molecule has 3 nitrogen and oxygen atoms in total. The van der Waals surface area contributed by atoms with Gasteiger partial charge in [0.15, 0.2) is 0 Å². The molecule has 0 radical (unpaired) electrons. The van der Waals surface area contributed by atoms with Crippen LogP contribution in [0.3, 0.4) is 0 Å². The highest BCUT2D eigenvalue weighted by Crippen LogP contribution is 2.30. The number of alkyl halides is 3. The van der Waals surface area contributed by atoms with Crippen LogP contribution in [0.4, 0.5) is 13.2 Å². The zero-order chi connectivity index (χ0) is 15.6. The number of nitrogens with zero attached hydrogens (tertiary/aromatic N) is 1. The second kappa shape index (κ2) is 7.33. The van der Waals surface area contributed by atoms with E-state index in [-0.39, 0.29) is 36.7 Å². The van der Waals surface area contributed by atoms with Gasteiger partial charge < -0.3 is 10.6 Å². The molecule has 1 heterocycles. The van der Waals surface area contributed by atoms with Gasteiger partial charge in [-0.2, -0.15) is 13.2 Å². The summed E-state index contributed by atoms with van der Waals surface area (Å²) in [4.78, 5) is 13.8. The van der Waals surface area contributed by atoms with E-state index in [2.05, 4.69) is 0 Å². The van der Waals surface area contributed by atoms with Crippen LogP contribution in [0.15, 0.2) is 24.3 Å². The third-order valence-corrected chi connectivity index (χ3v) is 3.87. The molecule has 1 aliphatic heterocycles. The van der Waals surface area contributed by atoms with Crippen molar-refractivity contribution in [3.63, 3.8) is 0 Å². The van der Waals surface area contributed by atoms with Gasteiger partial charge in [-0.1, -0.05) is 19.1 Å². The summed E-state index contributed by atoms with van der Waals surface area (Å²) in [5.41, 5.74) is 5.83. The minimum Gasteiger partial charge on any atom is -0.341 e. The van der Waals surface area contributed by atoms with Crippen molar-refractivity contribution in [1.82, 2.24) is 4.90 Å². The van der Waals surface area contributed by atoms with Crippen molar-refractivity contribution in [2.75, 3.05) is 13.1 Å². The molecule has 22 heavy (non-hydrogen) atoms. The minimum atomic E-state index is -4.33. The average molecular weight is 337 g/mol. The Hall–Kier alpha value is -1.27. The molecular formula is C15H20ClF3N2O. The Kier molecular flexibility index (Phi) is 6.26. The van der Waals surface area contributed by atoms with Crippen molar-refractivity contribution < 1.29 is 18.0 Å². The van der Waals surface area contributed by atoms with E-state index in [4.69, 9.17) is 5.73 Å². The first-order chi connectivity index (χ1) is 9.77. The maximum absolute atomic E-state index is 12.5. The van der Waals surface area contributed by atoms with Gasteiger partial charge in [0.2, 0.25) is 5.91 Å². The van der Waals surface area contributed by atoms with Crippen molar-refractivity contribution >= 4 is 18.3 Å². The van der Waals surface area contributed by atoms with E-state index in [0.29, 0.717) is 13.1 Å². The quantitative estimate of drug-likeness (QED) is 0.921. The summed E-state index contributed by atoms with van der Waals surface area (Å²) in [5, 5.41) is 0. The van der Waals surface area contributed by atoms with E-state index >= 15 is 0 Å². The van der Waals surface area contributed by atoms with Crippen LogP contribution in [0.25, 0.3) is 0 Å². The van der Waals surface area contributed by atoms with Crippen LogP contribution >= 0.6 is 12.4 Å². The van der Waals surface area contributed by atoms with Crippen molar-refractivity contribution in [2.45, 2.75) is 37.9 Å². The van der Waals surface area contributed by atoms with E-state index in [1.807, 2.05) is 6.92 Å². The second-order valence-corrected chi connectivity index (χ2v) is 5.61. The molecule has 124 valence electrons. The SMILES string of the molecule is CC(CC(=O)N1CC[C@@H](N)C1)c1ccc(C(F)(F)F)cc1.Cl. The van der Waals surface area contributed by atoms with Crippen molar-refractivity contribution in [3.05, 3.63) is 35.4 Å². The highest BCUT2D eigenvalue weighted by atomic mass is 35.5. The smallest absolute Gasteiger partial charge is 0.341 e. The van der Waals surface area contributed by atoms with Crippen molar-refractivity contribution in [1.29, 1.82) is 0 Å². The molecule has 1 aromatic carbocycles. The molecule has 1 unspecified atom stereocenters. The van der Waals surface area contributed by atoms with Gasteiger partial charge in [-0.05, 0) is 30.0 Å². The fourth-order valence-corrected chi connectivity index (χ4v) is 2.52. The Balaban J connectivity index is 0.00000242. The predicted molar refractivity (Wildman–Crippen MR) is 80.9 cm³/mol. The third-order valence-electron chi connectivity index (χ3n) is 3.87. The van der Waals surface area contributed by atoms with Crippen LogP contribution in [-0.2, 0) is 11.0 Å². The number of carbonyl (C=O) groups is 1. The van der Waals surface area contributed by atoms with Crippen LogP contribution in [0.5, 0.6) is 0 Å². The lowest BCUT2D eigenvalue weighted by Crippen LogP contribution is -2.32. The molecule has 1 fully saturated rings.